The third kappa shape index (κ3) is 2.81. The minimum atomic E-state index is -0.470. The van der Waals surface area contributed by atoms with Gasteiger partial charge >= 0.3 is 0 Å². The second kappa shape index (κ2) is 6.40. The van der Waals surface area contributed by atoms with E-state index in [0.29, 0.717) is 22.9 Å². The molecule has 26 heavy (non-hydrogen) atoms. The zero-order valence-electron chi connectivity index (χ0n) is 13.8. The Morgan fingerprint density at radius 3 is 2.81 bits per heavy atom. The lowest BCUT2D eigenvalue weighted by Gasteiger charge is -2.28. The van der Waals surface area contributed by atoms with Crippen LogP contribution in [0.3, 0.4) is 0 Å². The normalized spacial score (nSPS) is 16.0. The van der Waals surface area contributed by atoms with Gasteiger partial charge in [-0.25, -0.2) is 9.07 Å². The molecule has 2 aromatic heterocycles. The third-order valence-electron chi connectivity index (χ3n) is 4.14. The van der Waals surface area contributed by atoms with Crippen molar-refractivity contribution in [2.24, 2.45) is 0 Å². The van der Waals surface area contributed by atoms with Gasteiger partial charge in [0.25, 0.3) is 5.91 Å². The molecule has 3 heterocycles. The molecular formula is C18H15FN6O. The molecule has 3 aromatic rings. The maximum absolute atomic E-state index is 13.1. The summed E-state index contributed by atoms with van der Waals surface area (Å²) in [6.45, 7) is 1.81. The number of pyridine rings is 1. The topological polar surface area (TPSA) is 84.7 Å². The van der Waals surface area contributed by atoms with E-state index in [9.17, 15) is 9.18 Å². The molecule has 0 saturated heterocycles. The number of benzene rings is 1. The number of carbonyl (C=O) groups excluding carboxylic acids is 1. The van der Waals surface area contributed by atoms with Crippen LogP contribution in [0.25, 0.3) is 0 Å². The summed E-state index contributed by atoms with van der Waals surface area (Å²) in [5, 5.41) is 10.2. The molecule has 130 valence electrons. The van der Waals surface area contributed by atoms with Gasteiger partial charge in [-0.3, -0.25) is 9.78 Å². The van der Waals surface area contributed by atoms with Crippen molar-refractivity contribution in [1.82, 2.24) is 19.7 Å². The van der Waals surface area contributed by atoms with E-state index in [2.05, 4.69) is 25.7 Å². The van der Waals surface area contributed by atoms with Gasteiger partial charge in [-0.05, 0) is 42.8 Å². The molecule has 7 nitrogen and oxygen atoms in total. The molecule has 0 saturated carbocycles. The number of carbonyl (C=O) groups is 1. The molecule has 1 amide bonds. The zero-order chi connectivity index (χ0) is 18.1. The van der Waals surface area contributed by atoms with Gasteiger partial charge in [0, 0.05) is 23.8 Å². The molecule has 4 rings (SSSR count). The van der Waals surface area contributed by atoms with Crippen LogP contribution in [0.2, 0.25) is 0 Å². The highest BCUT2D eigenvalue weighted by molar-refractivity contribution is 6.05. The van der Waals surface area contributed by atoms with Crippen LogP contribution in [0.5, 0.6) is 0 Å². The van der Waals surface area contributed by atoms with E-state index in [1.54, 1.807) is 30.1 Å². The summed E-state index contributed by atoms with van der Waals surface area (Å²) in [6.07, 6.45) is 4.79. The Bertz CT molecular complexity index is 980. The summed E-state index contributed by atoms with van der Waals surface area (Å²) in [7, 11) is 0. The number of anilines is 2. The van der Waals surface area contributed by atoms with Crippen LogP contribution in [-0.4, -0.2) is 25.7 Å². The Morgan fingerprint density at radius 2 is 2.08 bits per heavy atom. The van der Waals surface area contributed by atoms with Crippen LogP contribution >= 0.6 is 0 Å². The van der Waals surface area contributed by atoms with Crippen LogP contribution in [0, 0.1) is 5.82 Å². The first-order chi connectivity index (χ1) is 12.6. The lowest BCUT2D eigenvalue weighted by molar-refractivity contribution is -0.113. The highest BCUT2D eigenvalue weighted by Gasteiger charge is 2.33. The van der Waals surface area contributed by atoms with Gasteiger partial charge in [0.15, 0.2) is 0 Å². The predicted molar refractivity (Wildman–Crippen MR) is 93.8 cm³/mol. The van der Waals surface area contributed by atoms with E-state index in [0.717, 1.165) is 5.56 Å². The van der Waals surface area contributed by atoms with Crippen LogP contribution in [-0.2, 0) is 4.79 Å². The van der Waals surface area contributed by atoms with Crippen LogP contribution < -0.4 is 10.6 Å². The first kappa shape index (κ1) is 15.9. The van der Waals surface area contributed by atoms with Gasteiger partial charge < -0.3 is 10.6 Å². The number of aromatic nitrogens is 4. The lowest BCUT2D eigenvalue weighted by Crippen LogP contribution is -2.31. The maximum Gasteiger partial charge on any atom is 0.255 e. The van der Waals surface area contributed by atoms with Crippen molar-refractivity contribution in [2.75, 3.05) is 10.6 Å². The molecule has 0 radical (unpaired) electrons. The fourth-order valence-electron chi connectivity index (χ4n) is 2.96. The Kier molecular flexibility index (Phi) is 3.92. The summed E-state index contributed by atoms with van der Waals surface area (Å²) in [5.41, 5.74) is 2.47. The number of rotatable bonds is 3. The second-order valence-electron chi connectivity index (χ2n) is 5.84. The van der Waals surface area contributed by atoms with Crippen molar-refractivity contribution in [3.8, 4) is 0 Å². The third-order valence-corrected chi connectivity index (χ3v) is 4.14. The minimum Gasteiger partial charge on any atom is -0.328 e. The number of hydrogen-bond acceptors (Lipinski definition) is 5. The van der Waals surface area contributed by atoms with Crippen LogP contribution in [0.15, 0.2) is 66.4 Å². The highest BCUT2D eigenvalue weighted by atomic mass is 19.1. The van der Waals surface area contributed by atoms with E-state index in [4.69, 9.17) is 0 Å². The molecule has 0 spiro atoms. The van der Waals surface area contributed by atoms with E-state index >= 15 is 0 Å². The van der Waals surface area contributed by atoms with Crippen molar-refractivity contribution in [3.63, 3.8) is 0 Å². The van der Waals surface area contributed by atoms with Crippen molar-refractivity contribution in [1.29, 1.82) is 0 Å². The minimum absolute atomic E-state index is 0.309. The number of amides is 1. The predicted octanol–water partition coefficient (Wildman–Crippen LogP) is 2.74. The van der Waals surface area contributed by atoms with Gasteiger partial charge in [-0.2, -0.15) is 10.1 Å². The molecule has 8 heteroatoms. The Morgan fingerprint density at radius 1 is 1.27 bits per heavy atom. The molecule has 1 aliphatic rings. The van der Waals surface area contributed by atoms with Gasteiger partial charge in [-0.1, -0.05) is 6.07 Å². The van der Waals surface area contributed by atoms with Crippen molar-refractivity contribution in [3.05, 3.63) is 77.8 Å². The fourth-order valence-corrected chi connectivity index (χ4v) is 2.96. The fraction of sp³-hybridized carbons (Fsp3) is 0.111. The van der Waals surface area contributed by atoms with Gasteiger partial charge in [-0.15, -0.1) is 0 Å². The van der Waals surface area contributed by atoms with E-state index < -0.39 is 6.04 Å². The average molecular weight is 350 g/mol. The van der Waals surface area contributed by atoms with Gasteiger partial charge in [0.05, 0.1) is 5.57 Å². The van der Waals surface area contributed by atoms with E-state index in [1.807, 2.05) is 6.07 Å². The number of halogens is 1. The lowest BCUT2D eigenvalue weighted by atomic mass is 9.96. The van der Waals surface area contributed by atoms with Crippen LogP contribution in [0.1, 0.15) is 18.5 Å². The number of hydrogen-bond donors (Lipinski definition) is 2. The van der Waals surface area contributed by atoms with Crippen molar-refractivity contribution >= 4 is 17.5 Å². The standard InChI is InChI=1S/C18H15FN6O/c1-11-15(17(26)24-14-6-4-13(19)5-7-14)16(12-3-2-8-20-9-12)25-18(23-11)21-10-22-25/h2-10,16H,1H3,(H,24,26)(H,21,22,23). The van der Waals surface area contributed by atoms with Crippen molar-refractivity contribution < 1.29 is 9.18 Å². The summed E-state index contributed by atoms with van der Waals surface area (Å²) in [6, 6.07) is 8.83. The Hall–Kier alpha value is -3.55. The number of fused-ring (bicyclic) bond motifs is 1. The average Bonchev–Trinajstić information content (AvgIpc) is 3.11. The SMILES string of the molecule is CC1=C(C(=O)Nc2ccc(F)cc2)C(c2cccnc2)n2ncnc2N1. The zero-order valence-corrected chi connectivity index (χ0v) is 13.8. The van der Waals surface area contributed by atoms with E-state index in [-0.39, 0.29) is 11.7 Å². The van der Waals surface area contributed by atoms with Crippen molar-refractivity contribution in [2.45, 2.75) is 13.0 Å². The number of nitrogens with one attached hydrogen (secondary N) is 2. The molecule has 0 fully saturated rings. The summed E-state index contributed by atoms with van der Waals surface area (Å²) in [5.74, 6) is -0.121. The van der Waals surface area contributed by atoms with Gasteiger partial charge in [0.1, 0.15) is 18.2 Å². The van der Waals surface area contributed by atoms with Gasteiger partial charge in [0.2, 0.25) is 5.95 Å². The molecule has 2 N–H and O–H groups in total. The smallest absolute Gasteiger partial charge is 0.255 e. The highest BCUT2D eigenvalue weighted by Crippen LogP contribution is 2.34. The Labute approximate surface area is 148 Å². The largest absolute Gasteiger partial charge is 0.328 e. The maximum atomic E-state index is 13.1. The first-order valence-corrected chi connectivity index (χ1v) is 7.97. The number of allylic oxidation sites excluding steroid dienone is 1. The Balaban J connectivity index is 1.74. The summed E-state index contributed by atoms with van der Waals surface area (Å²) >= 11 is 0. The molecule has 1 aromatic carbocycles. The molecule has 1 atom stereocenters. The first-order valence-electron chi connectivity index (χ1n) is 7.97. The van der Waals surface area contributed by atoms with Crippen LogP contribution in [0.4, 0.5) is 16.0 Å². The molecule has 1 aliphatic heterocycles. The molecular weight excluding hydrogens is 335 g/mol. The van der Waals surface area contributed by atoms with E-state index in [1.165, 1.54) is 30.6 Å². The molecule has 0 bridgehead atoms. The second-order valence-corrected chi connectivity index (χ2v) is 5.84. The molecule has 1 unspecified atom stereocenters. The summed E-state index contributed by atoms with van der Waals surface area (Å²) in [4.78, 5) is 21.3. The summed E-state index contributed by atoms with van der Waals surface area (Å²) < 4.78 is 14.7. The molecule has 0 aliphatic carbocycles. The number of nitrogens with zero attached hydrogens (tertiary/aromatic N) is 4. The monoisotopic (exact) mass is 350 g/mol. The quantitative estimate of drug-likeness (QED) is 0.759.